The van der Waals surface area contributed by atoms with Gasteiger partial charge in [0.1, 0.15) is 0 Å². The summed E-state index contributed by atoms with van der Waals surface area (Å²) in [6.45, 7) is 2.76. The topological polar surface area (TPSA) is 52.7 Å². The monoisotopic (exact) mass is 337 g/mol. The molecule has 25 heavy (non-hydrogen) atoms. The van der Waals surface area contributed by atoms with Crippen molar-refractivity contribution in [3.05, 3.63) is 66.2 Å². The molecule has 5 nitrogen and oxygen atoms in total. The number of anilines is 1. The molecule has 0 saturated carbocycles. The zero-order valence-corrected chi connectivity index (χ0v) is 14.2. The molecule has 1 aliphatic rings. The van der Waals surface area contributed by atoms with E-state index in [2.05, 4.69) is 5.32 Å². The summed E-state index contributed by atoms with van der Waals surface area (Å²) in [5.41, 5.74) is 1.98. The highest BCUT2D eigenvalue weighted by atomic mass is 16.2. The minimum absolute atomic E-state index is 0.0457. The maximum absolute atomic E-state index is 13.0. The van der Waals surface area contributed by atoms with Crippen molar-refractivity contribution < 1.29 is 9.59 Å². The van der Waals surface area contributed by atoms with Gasteiger partial charge in [0, 0.05) is 31.7 Å². The van der Waals surface area contributed by atoms with Gasteiger partial charge in [0.05, 0.1) is 13.1 Å². The number of carbonyl (C=O) groups excluding carboxylic acids is 2. The number of rotatable bonds is 5. The van der Waals surface area contributed by atoms with Gasteiger partial charge in [-0.2, -0.15) is 0 Å². The van der Waals surface area contributed by atoms with Gasteiger partial charge in [0.15, 0.2) is 0 Å². The molecule has 1 fully saturated rings. The predicted molar refractivity (Wildman–Crippen MR) is 98.1 cm³/mol. The first-order chi connectivity index (χ1) is 12.2. The SMILES string of the molecule is O=C1CCN(CC(=O)N(Cc2ccccc2)c2ccccc2)CCN1. The van der Waals surface area contributed by atoms with Crippen LogP contribution >= 0.6 is 0 Å². The molecule has 2 aromatic rings. The average molecular weight is 337 g/mol. The maximum atomic E-state index is 13.0. The van der Waals surface area contributed by atoms with E-state index in [9.17, 15) is 9.59 Å². The van der Waals surface area contributed by atoms with Crippen LogP contribution in [0, 0.1) is 0 Å². The van der Waals surface area contributed by atoms with Crippen molar-refractivity contribution in [2.75, 3.05) is 31.1 Å². The molecule has 1 heterocycles. The average Bonchev–Trinajstić information content (AvgIpc) is 2.85. The molecule has 1 N–H and O–H groups in total. The van der Waals surface area contributed by atoms with Gasteiger partial charge in [0.25, 0.3) is 0 Å². The molecule has 2 aromatic carbocycles. The van der Waals surface area contributed by atoms with Crippen molar-refractivity contribution >= 4 is 17.5 Å². The van der Waals surface area contributed by atoms with Crippen LogP contribution in [0.5, 0.6) is 0 Å². The second-order valence-electron chi connectivity index (χ2n) is 6.18. The highest BCUT2D eigenvalue weighted by Crippen LogP contribution is 2.17. The number of carbonyl (C=O) groups is 2. The van der Waals surface area contributed by atoms with Gasteiger partial charge in [-0.1, -0.05) is 48.5 Å². The van der Waals surface area contributed by atoms with Crippen LogP contribution in [0.3, 0.4) is 0 Å². The van der Waals surface area contributed by atoms with Crippen molar-refractivity contribution in [3.63, 3.8) is 0 Å². The van der Waals surface area contributed by atoms with Crippen molar-refractivity contribution in [2.45, 2.75) is 13.0 Å². The third-order valence-electron chi connectivity index (χ3n) is 4.32. The summed E-state index contributed by atoms with van der Waals surface area (Å²) in [7, 11) is 0. The molecule has 3 rings (SSSR count). The Morgan fingerprint density at radius 3 is 2.40 bits per heavy atom. The first-order valence-corrected chi connectivity index (χ1v) is 8.61. The van der Waals surface area contributed by atoms with E-state index in [0.717, 1.165) is 11.3 Å². The second-order valence-corrected chi connectivity index (χ2v) is 6.18. The Labute approximate surface area is 148 Å². The van der Waals surface area contributed by atoms with Crippen molar-refractivity contribution in [3.8, 4) is 0 Å². The minimum Gasteiger partial charge on any atom is -0.355 e. The molecule has 2 amide bonds. The lowest BCUT2D eigenvalue weighted by Crippen LogP contribution is -2.41. The highest BCUT2D eigenvalue weighted by Gasteiger charge is 2.21. The normalized spacial score (nSPS) is 15.3. The van der Waals surface area contributed by atoms with Crippen molar-refractivity contribution in [1.29, 1.82) is 0 Å². The quantitative estimate of drug-likeness (QED) is 0.908. The standard InChI is InChI=1S/C20H23N3O2/c24-19-11-13-22(14-12-21-19)16-20(25)23(18-9-5-2-6-10-18)15-17-7-3-1-4-8-17/h1-10H,11-16H2,(H,21,24). The third kappa shape index (κ3) is 4.90. The molecular weight excluding hydrogens is 314 g/mol. The first-order valence-electron chi connectivity index (χ1n) is 8.61. The minimum atomic E-state index is 0.0457. The zero-order chi connectivity index (χ0) is 17.5. The molecule has 0 unspecified atom stereocenters. The molecule has 130 valence electrons. The molecule has 0 atom stereocenters. The van der Waals surface area contributed by atoms with Crippen LogP contribution < -0.4 is 10.2 Å². The number of hydrogen-bond acceptors (Lipinski definition) is 3. The van der Waals surface area contributed by atoms with Gasteiger partial charge in [-0.3, -0.25) is 14.5 Å². The van der Waals surface area contributed by atoms with Crippen LogP contribution in [0.1, 0.15) is 12.0 Å². The van der Waals surface area contributed by atoms with Gasteiger partial charge < -0.3 is 10.2 Å². The van der Waals surface area contributed by atoms with Crippen LogP contribution in [0.2, 0.25) is 0 Å². The smallest absolute Gasteiger partial charge is 0.241 e. The number of amides is 2. The lowest BCUT2D eigenvalue weighted by atomic mass is 10.2. The summed E-state index contributed by atoms with van der Waals surface area (Å²) < 4.78 is 0. The summed E-state index contributed by atoms with van der Waals surface area (Å²) in [4.78, 5) is 28.3. The van der Waals surface area contributed by atoms with Gasteiger partial charge in [-0.25, -0.2) is 0 Å². The summed E-state index contributed by atoms with van der Waals surface area (Å²) in [5, 5.41) is 2.84. The van der Waals surface area contributed by atoms with E-state index < -0.39 is 0 Å². The molecule has 0 spiro atoms. The number of nitrogens with one attached hydrogen (secondary N) is 1. The predicted octanol–water partition coefficient (Wildman–Crippen LogP) is 2.04. The van der Waals surface area contributed by atoms with E-state index in [1.54, 1.807) is 0 Å². The molecule has 1 aliphatic heterocycles. The number of nitrogens with zero attached hydrogens (tertiary/aromatic N) is 2. The molecule has 0 radical (unpaired) electrons. The van der Waals surface area contributed by atoms with Crippen molar-refractivity contribution in [2.24, 2.45) is 0 Å². The molecule has 0 aliphatic carbocycles. The van der Waals surface area contributed by atoms with Crippen LogP contribution in [0.4, 0.5) is 5.69 Å². The zero-order valence-electron chi connectivity index (χ0n) is 14.2. The Morgan fingerprint density at radius 2 is 1.68 bits per heavy atom. The Bertz CT molecular complexity index is 703. The van der Waals surface area contributed by atoms with Crippen LogP contribution in [-0.4, -0.2) is 42.9 Å². The molecule has 5 heteroatoms. The summed E-state index contributed by atoms with van der Waals surface area (Å²) in [6, 6.07) is 19.7. The summed E-state index contributed by atoms with van der Waals surface area (Å²) >= 11 is 0. The molecular formula is C20H23N3O2. The number of hydrogen-bond donors (Lipinski definition) is 1. The van der Waals surface area contributed by atoms with E-state index in [0.29, 0.717) is 39.1 Å². The maximum Gasteiger partial charge on any atom is 0.241 e. The van der Waals surface area contributed by atoms with Gasteiger partial charge in [-0.15, -0.1) is 0 Å². The molecule has 0 aromatic heterocycles. The number of benzene rings is 2. The lowest BCUT2D eigenvalue weighted by molar-refractivity contribution is -0.122. The van der Waals surface area contributed by atoms with Crippen molar-refractivity contribution in [1.82, 2.24) is 10.2 Å². The van der Waals surface area contributed by atoms with Crippen LogP contribution in [0.25, 0.3) is 0 Å². The van der Waals surface area contributed by atoms with E-state index in [4.69, 9.17) is 0 Å². The Morgan fingerprint density at radius 1 is 1.00 bits per heavy atom. The molecule has 0 bridgehead atoms. The third-order valence-corrected chi connectivity index (χ3v) is 4.32. The summed E-state index contributed by atoms with van der Waals surface area (Å²) in [5.74, 6) is 0.101. The van der Waals surface area contributed by atoms with Crippen LogP contribution in [-0.2, 0) is 16.1 Å². The first kappa shape index (κ1) is 17.2. The van der Waals surface area contributed by atoms with Crippen LogP contribution in [0.15, 0.2) is 60.7 Å². The summed E-state index contributed by atoms with van der Waals surface area (Å²) in [6.07, 6.45) is 0.442. The fourth-order valence-corrected chi connectivity index (χ4v) is 2.95. The van der Waals surface area contributed by atoms with Gasteiger partial charge in [-0.05, 0) is 17.7 Å². The van der Waals surface area contributed by atoms with E-state index in [1.165, 1.54) is 0 Å². The van der Waals surface area contributed by atoms with Gasteiger partial charge >= 0.3 is 0 Å². The van der Waals surface area contributed by atoms with E-state index in [-0.39, 0.29) is 11.8 Å². The van der Waals surface area contributed by atoms with E-state index in [1.807, 2.05) is 70.5 Å². The second kappa shape index (κ2) is 8.44. The Hall–Kier alpha value is -2.66. The van der Waals surface area contributed by atoms with E-state index >= 15 is 0 Å². The fourth-order valence-electron chi connectivity index (χ4n) is 2.95. The number of para-hydroxylation sites is 1. The lowest BCUT2D eigenvalue weighted by Gasteiger charge is -2.26. The Kier molecular flexibility index (Phi) is 5.80. The Balaban J connectivity index is 1.74. The largest absolute Gasteiger partial charge is 0.355 e. The van der Waals surface area contributed by atoms with Gasteiger partial charge in [0.2, 0.25) is 11.8 Å². The highest BCUT2D eigenvalue weighted by molar-refractivity contribution is 5.94. The molecule has 1 saturated heterocycles. The fraction of sp³-hybridized carbons (Fsp3) is 0.300.